The molecular weight excluding hydrogens is 276 g/mol. The van der Waals surface area contributed by atoms with E-state index in [9.17, 15) is 9.90 Å². The largest absolute Gasteiger partial charge is 0.394 e. The number of halogens is 1. The van der Waals surface area contributed by atoms with Gasteiger partial charge in [0.1, 0.15) is 0 Å². The average molecular weight is 297 g/mol. The number of amides is 2. The number of nitrogens with one attached hydrogen (secondary N) is 1. The predicted molar refractivity (Wildman–Crippen MR) is 81.2 cm³/mol. The fourth-order valence-electron chi connectivity index (χ4n) is 2.70. The molecule has 1 saturated heterocycles. The first-order chi connectivity index (χ1) is 9.52. The molecule has 0 aromatic heterocycles. The zero-order valence-electron chi connectivity index (χ0n) is 11.9. The van der Waals surface area contributed by atoms with Crippen LogP contribution < -0.4 is 5.32 Å². The first-order valence-corrected chi connectivity index (χ1v) is 7.35. The van der Waals surface area contributed by atoms with Crippen LogP contribution in [0.1, 0.15) is 25.3 Å². The molecular formula is C15H21ClN2O2. The van der Waals surface area contributed by atoms with Gasteiger partial charge >= 0.3 is 6.03 Å². The van der Waals surface area contributed by atoms with Crippen LogP contribution in [-0.4, -0.2) is 35.2 Å². The van der Waals surface area contributed by atoms with Crippen molar-refractivity contribution >= 4 is 23.3 Å². The number of piperidine rings is 1. The highest BCUT2D eigenvalue weighted by atomic mass is 35.5. The fraction of sp³-hybridized carbons (Fsp3) is 0.533. The lowest BCUT2D eigenvalue weighted by molar-refractivity contribution is 0.0811. The maximum atomic E-state index is 12.4. The summed E-state index contributed by atoms with van der Waals surface area (Å²) in [4.78, 5) is 14.1. The summed E-state index contributed by atoms with van der Waals surface area (Å²) in [6.07, 6.45) is 2.01. The van der Waals surface area contributed by atoms with Crippen LogP contribution in [0.15, 0.2) is 18.2 Å². The van der Waals surface area contributed by atoms with Crippen LogP contribution in [0.4, 0.5) is 10.5 Å². The minimum atomic E-state index is -0.192. The molecule has 2 unspecified atom stereocenters. The van der Waals surface area contributed by atoms with Gasteiger partial charge in [-0.1, -0.05) is 24.6 Å². The molecule has 2 atom stereocenters. The zero-order chi connectivity index (χ0) is 14.7. The van der Waals surface area contributed by atoms with E-state index in [0.29, 0.717) is 23.2 Å². The normalized spacial score (nSPS) is 22.7. The molecule has 110 valence electrons. The number of urea groups is 1. The first kappa shape index (κ1) is 15.1. The molecule has 2 rings (SSSR count). The molecule has 0 saturated carbocycles. The van der Waals surface area contributed by atoms with Gasteiger partial charge in [-0.25, -0.2) is 4.79 Å². The van der Waals surface area contributed by atoms with Crippen LogP contribution in [0.5, 0.6) is 0 Å². The van der Waals surface area contributed by atoms with Crippen LogP contribution in [0.2, 0.25) is 5.02 Å². The van der Waals surface area contributed by atoms with Gasteiger partial charge in [0.2, 0.25) is 0 Å². The molecule has 20 heavy (non-hydrogen) atoms. The number of anilines is 1. The summed E-state index contributed by atoms with van der Waals surface area (Å²) >= 11 is 6.10. The molecule has 4 nitrogen and oxygen atoms in total. The molecule has 2 amide bonds. The molecule has 5 heteroatoms. The van der Waals surface area contributed by atoms with Gasteiger partial charge in [-0.3, -0.25) is 0 Å². The Balaban J connectivity index is 2.12. The van der Waals surface area contributed by atoms with Crippen LogP contribution in [0.25, 0.3) is 0 Å². The summed E-state index contributed by atoms with van der Waals surface area (Å²) in [5.74, 6) is 0.312. The highest BCUT2D eigenvalue weighted by Crippen LogP contribution is 2.26. The smallest absolute Gasteiger partial charge is 0.322 e. The van der Waals surface area contributed by atoms with E-state index >= 15 is 0 Å². The first-order valence-electron chi connectivity index (χ1n) is 6.97. The molecule has 0 radical (unpaired) electrons. The summed E-state index contributed by atoms with van der Waals surface area (Å²) in [7, 11) is 0. The third-order valence-corrected chi connectivity index (χ3v) is 4.26. The van der Waals surface area contributed by atoms with Gasteiger partial charge < -0.3 is 15.3 Å². The maximum absolute atomic E-state index is 12.4. The lowest BCUT2D eigenvalue weighted by Gasteiger charge is -2.38. The van der Waals surface area contributed by atoms with Crippen molar-refractivity contribution in [1.29, 1.82) is 0 Å². The molecule has 1 heterocycles. The molecule has 0 aliphatic carbocycles. The summed E-state index contributed by atoms with van der Waals surface area (Å²) in [5.41, 5.74) is 1.65. The molecule has 1 fully saturated rings. The second-order valence-electron chi connectivity index (χ2n) is 5.48. The summed E-state index contributed by atoms with van der Waals surface area (Å²) in [5, 5.41) is 12.9. The second-order valence-corrected chi connectivity index (χ2v) is 5.88. The van der Waals surface area contributed by atoms with Crippen molar-refractivity contribution in [2.75, 3.05) is 18.5 Å². The van der Waals surface area contributed by atoms with Crippen molar-refractivity contribution in [2.45, 2.75) is 32.7 Å². The van der Waals surface area contributed by atoms with Gasteiger partial charge in [0.15, 0.2) is 0 Å². The van der Waals surface area contributed by atoms with Gasteiger partial charge in [-0.05, 0) is 43.4 Å². The van der Waals surface area contributed by atoms with E-state index in [2.05, 4.69) is 12.2 Å². The van der Waals surface area contributed by atoms with Gasteiger partial charge in [0, 0.05) is 6.54 Å². The number of hydrogen-bond donors (Lipinski definition) is 2. The van der Waals surface area contributed by atoms with Gasteiger partial charge in [-0.2, -0.15) is 0 Å². The van der Waals surface area contributed by atoms with Crippen molar-refractivity contribution in [1.82, 2.24) is 4.90 Å². The standard InChI is InChI=1S/C15H21ClN2O2/c1-10-5-6-12(16)13(8-10)17-15(20)18-7-3-4-11(2)14(18)9-19/h5-6,8,11,14,19H,3-4,7,9H2,1-2H3,(H,17,20). The van der Waals surface area contributed by atoms with Crippen molar-refractivity contribution < 1.29 is 9.90 Å². The Bertz CT molecular complexity index is 493. The van der Waals surface area contributed by atoms with E-state index in [4.69, 9.17) is 11.6 Å². The lowest BCUT2D eigenvalue weighted by atomic mass is 9.91. The quantitative estimate of drug-likeness (QED) is 0.880. The van der Waals surface area contributed by atoms with Crippen molar-refractivity contribution in [3.63, 3.8) is 0 Å². The van der Waals surface area contributed by atoms with Crippen molar-refractivity contribution in [3.05, 3.63) is 28.8 Å². The molecule has 2 N–H and O–H groups in total. The third-order valence-electron chi connectivity index (χ3n) is 3.93. The lowest BCUT2D eigenvalue weighted by Crippen LogP contribution is -2.51. The van der Waals surface area contributed by atoms with Crippen LogP contribution in [0, 0.1) is 12.8 Å². The molecule has 0 spiro atoms. The minimum absolute atomic E-state index is 0.00383. The number of carbonyl (C=O) groups excluding carboxylic acids is 1. The van der Waals surface area contributed by atoms with E-state index in [-0.39, 0.29) is 18.7 Å². The summed E-state index contributed by atoms with van der Waals surface area (Å²) in [6, 6.07) is 5.21. The number of rotatable bonds is 2. The Morgan fingerprint density at radius 1 is 1.55 bits per heavy atom. The molecule has 1 aliphatic rings. The topological polar surface area (TPSA) is 52.6 Å². The van der Waals surface area contributed by atoms with Gasteiger partial charge in [0.25, 0.3) is 0 Å². The Kier molecular flexibility index (Phi) is 4.89. The van der Waals surface area contributed by atoms with Crippen molar-refractivity contribution in [2.24, 2.45) is 5.92 Å². The van der Waals surface area contributed by atoms with Crippen molar-refractivity contribution in [3.8, 4) is 0 Å². The maximum Gasteiger partial charge on any atom is 0.322 e. The number of nitrogens with zero attached hydrogens (tertiary/aromatic N) is 1. The Morgan fingerprint density at radius 3 is 3.00 bits per heavy atom. The van der Waals surface area contributed by atoms with E-state index in [0.717, 1.165) is 18.4 Å². The van der Waals surface area contributed by atoms with Crippen LogP contribution >= 0.6 is 11.6 Å². The number of hydrogen-bond acceptors (Lipinski definition) is 2. The van der Waals surface area contributed by atoms with Gasteiger partial charge in [0.05, 0.1) is 23.4 Å². The van der Waals surface area contributed by atoms with Crippen LogP contribution in [-0.2, 0) is 0 Å². The number of benzene rings is 1. The Morgan fingerprint density at radius 2 is 2.30 bits per heavy atom. The fourth-order valence-corrected chi connectivity index (χ4v) is 2.87. The highest BCUT2D eigenvalue weighted by molar-refractivity contribution is 6.33. The third kappa shape index (κ3) is 3.25. The summed E-state index contributed by atoms with van der Waals surface area (Å²) in [6.45, 7) is 4.69. The van der Waals surface area contributed by atoms with E-state index in [1.807, 2.05) is 19.1 Å². The van der Waals surface area contributed by atoms with Crippen LogP contribution in [0.3, 0.4) is 0 Å². The predicted octanol–water partition coefficient (Wildman–Crippen LogP) is 3.27. The van der Waals surface area contributed by atoms with E-state index in [1.54, 1.807) is 11.0 Å². The molecule has 1 aromatic carbocycles. The minimum Gasteiger partial charge on any atom is -0.394 e. The molecule has 1 aliphatic heterocycles. The Labute approximate surface area is 124 Å². The SMILES string of the molecule is Cc1ccc(Cl)c(NC(=O)N2CCCC(C)C2CO)c1. The highest BCUT2D eigenvalue weighted by Gasteiger charge is 2.31. The number of likely N-dealkylation sites (tertiary alicyclic amines) is 1. The Hall–Kier alpha value is -1.26. The second kappa shape index (κ2) is 6.46. The van der Waals surface area contributed by atoms with Gasteiger partial charge in [-0.15, -0.1) is 0 Å². The number of aryl methyl sites for hydroxylation is 1. The zero-order valence-corrected chi connectivity index (χ0v) is 12.7. The number of aliphatic hydroxyl groups excluding tert-OH is 1. The number of carbonyl (C=O) groups is 1. The number of aliphatic hydroxyl groups is 1. The van der Waals surface area contributed by atoms with E-state index in [1.165, 1.54) is 0 Å². The molecule has 0 bridgehead atoms. The van der Waals surface area contributed by atoms with E-state index < -0.39 is 0 Å². The monoisotopic (exact) mass is 296 g/mol. The summed E-state index contributed by atoms with van der Waals surface area (Å²) < 4.78 is 0. The average Bonchev–Trinajstić information content (AvgIpc) is 2.42. The molecule has 1 aromatic rings.